The van der Waals surface area contributed by atoms with Crippen molar-refractivity contribution in [1.29, 1.82) is 0 Å². The quantitative estimate of drug-likeness (QED) is 0.677. The smallest absolute Gasteiger partial charge is 0.356 e. The van der Waals surface area contributed by atoms with Gasteiger partial charge in [0.1, 0.15) is 0 Å². The molecule has 2 rings (SSSR count). The molecule has 0 bridgehead atoms. The molecule has 0 aliphatic rings. The van der Waals surface area contributed by atoms with Crippen LogP contribution in [-0.4, -0.2) is 44.9 Å². The lowest BCUT2D eigenvalue weighted by Crippen LogP contribution is -2.30. The van der Waals surface area contributed by atoms with Gasteiger partial charge in [0, 0.05) is 36.0 Å². The van der Waals surface area contributed by atoms with Gasteiger partial charge in [0.15, 0.2) is 5.15 Å². The maximum atomic E-state index is 12.4. The van der Waals surface area contributed by atoms with Crippen molar-refractivity contribution >= 4 is 29.3 Å². The summed E-state index contributed by atoms with van der Waals surface area (Å²) in [6.45, 7) is 2.18. The molecule has 0 aromatic carbocycles. The topological polar surface area (TPSA) is 59.8 Å². The average Bonchev–Trinajstić information content (AvgIpc) is 2.96. The van der Waals surface area contributed by atoms with Gasteiger partial charge in [-0.1, -0.05) is 11.6 Å². The summed E-state index contributed by atoms with van der Waals surface area (Å²) in [7, 11) is 0. The monoisotopic (exact) mass is 406 g/mol. The fourth-order valence-electron chi connectivity index (χ4n) is 2.21. The highest BCUT2D eigenvalue weighted by molar-refractivity contribution is 7.99. The first kappa shape index (κ1) is 20.6. The number of carbonyl (C=O) groups excluding carboxylic acids is 1. The van der Waals surface area contributed by atoms with Crippen LogP contribution in [0.2, 0.25) is 5.15 Å². The Kier molecular flexibility index (Phi) is 7.33. The van der Waals surface area contributed by atoms with Crippen LogP contribution in [0.25, 0.3) is 5.69 Å². The Balaban J connectivity index is 2.17. The van der Waals surface area contributed by atoms with E-state index in [2.05, 4.69) is 15.4 Å². The zero-order valence-electron chi connectivity index (χ0n) is 14.0. The Labute approximate surface area is 158 Å². The van der Waals surface area contributed by atoms with Crippen LogP contribution in [0, 0.1) is 0 Å². The van der Waals surface area contributed by atoms with E-state index < -0.39 is 18.5 Å². The second-order valence-corrected chi connectivity index (χ2v) is 6.93. The fraction of sp³-hybridized carbons (Fsp3) is 0.438. The molecule has 10 heteroatoms. The van der Waals surface area contributed by atoms with Gasteiger partial charge in [-0.2, -0.15) is 30.0 Å². The molecule has 2 aromatic heterocycles. The number of alkyl halides is 3. The lowest BCUT2D eigenvalue weighted by molar-refractivity contribution is -0.129. The SMILES string of the molecule is CCNC(=O)C(CSCCC(F)(F)F)c1cn(-c2cccnc2)nc1Cl. The van der Waals surface area contributed by atoms with Crippen molar-refractivity contribution in [3.8, 4) is 5.69 Å². The number of nitrogens with zero attached hydrogens (tertiary/aromatic N) is 3. The van der Waals surface area contributed by atoms with Crippen LogP contribution in [0.3, 0.4) is 0 Å². The average molecular weight is 407 g/mol. The van der Waals surface area contributed by atoms with Crippen LogP contribution in [0.4, 0.5) is 13.2 Å². The largest absolute Gasteiger partial charge is 0.389 e. The maximum Gasteiger partial charge on any atom is 0.389 e. The van der Waals surface area contributed by atoms with Crippen LogP contribution in [-0.2, 0) is 4.79 Å². The van der Waals surface area contributed by atoms with Gasteiger partial charge in [-0.3, -0.25) is 9.78 Å². The van der Waals surface area contributed by atoms with Crippen molar-refractivity contribution in [2.24, 2.45) is 0 Å². The molecule has 0 saturated carbocycles. The van der Waals surface area contributed by atoms with E-state index in [9.17, 15) is 18.0 Å². The number of thioether (sulfide) groups is 1. The van der Waals surface area contributed by atoms with Crippen LogP contribution in [0.15, 0.2) is 30.7 Å². The third kappa shape index (κ3) is 5.91. The molecule has 1 unspecified atom stereocenters. The molecule has 26 heavy (non-hydrogen) atoms. The number of rotatable bonds is 8. The Hall–Kier alpha value is -1.74. The Bertz CT molecular complexity index is 724. The molecule has 2 aromatic rings. The predicted molar refractivity (Wildman–Crippen MR) is 95.8 cm³/mol. The molecule has 5 nitrogen and oxygen atoms in total. The van der Waals surface area contributed by atoms with E-state index in [0.717, 1.165) is 11.8 Å². The highest BCUT2D eigenvalue weighted by Gasteiger charge is 2.28. The number of amides is 1. The van der Waals surface area contributed by atoms with Crippen molar-refractivity contribution < 1.29 is 18.0 Å². The predicted octanol–water partition coefficient (Wildman–Crippen LogP) is 3.83. The molecule has 1 amide bonds. The number of carbonyl (C=O) groups is 1. The molecule has 0 fully saturated rings. The van der Waals surface area contributed by atoms with Gasteiger partial charge in [-0.05, 0) is 19.1 Å². The lowest BCUT2D eigenvalue weighted by atomic mass is 10.0. The minimum absolute atomic E-state index is 0.117. The zero-order valence-corrected chi connectivity index (χ0v) is 15.5. The van der Waals surface area contributed by atoms with Gasteiger partial charge in [0.2, 0.25) is 5.91 Å². The van der Waals surface area contributed by atoms with Gasteiger partial charge in [-0.25, -0.2) is 4.68 Å². The zero-order chi connectivity index (χ0) is 19.2. The summed E-state index contributed by atoms with van der Waals surface area (Å²) >= 11 is 7.26. The third-order valence-corrected chi connectivity index (χ3v) is 4.82. The second kappa shape index (κ2) is 9.27. The standard InChI is InChI=1S/C16H18ClF3N4OS/c1-2-22-15(25)13(10-26-7-5-16(18,19)20)12-9-24(23-14(12)17)11-4-3-6-21-8-11/h3-4,6,8-9,13H,2,5,7,10H2,1H3,(H,22,25). The van der Waals surface area contributed by atoms with E-state index in [1.807, 2.05) is 0 Å². The summed E-state index contributed by atoms with van der Waals surface area (Å²) in [5, 5.41) is 7.02. The highest BCUT2D eigenvalue weighted by Crippen LogP contribution is 2.30. The van der Waals surface area contributed by atoms with E-state index in [1.165, 1.54) is 4.68 Å². The molecule has 0 saturated heterocycles. The second-order valence-electron chi connectivity index (χ2n) is 5.42. The van der Waals surface area contributed by atoms with Gasteiger partial charge in [-0.15, -0.1) is 0 Å². The van der Waals surface area contributed by atoms with Crippen molar-refractivity contribution in [3.63, 3.8) is 0 Å². The number of nitrogens with one attached hydrogen (secondary N) is 1. The first-order valence-electron chi connectivity index (χ1n) is 7.89. The molecular formula is C16H18ClF3N4OS. The lowest BCUT2D eigenvalue weighted by Gasteiger charge is -2.15. The van der Waals surface area contributed by atoms with Crippen LogP contribution < -0.4 is 5.32 Å². The summed E-state index contributed by atoms with van der Waals surface area (Å²) < 4.78 is 38.4. The molecule has 0 spiro atoms. The first-order valence-corrected chi connectivity index (χ1v) is 9.42. The van der Waals surface area contributed by atoms with Crippen molar-refractivity contribution in [2.75, 3.05) is 18.1 Å². The van der Waals surface area contributed by atoms with Gasteiger partial charge >= 0.3 is 6.18 Å². The van der Waals surface area contributed by atoms with Gasteiger partial charge < -0.3 is 5.32 Å². The number of hydrogen-bond donors (Lipinski definition) is 1. The summed E-state index contributed by atoms with van der Waals surface area (Å²) in [6, 6.07) is 3.51. The Morgan fingerprint density at radius 3 is 2.85 bits per heavy atom. The number of pyridine rings is 1. The van der Waals surface area contributed by atoms with E-state index in [0.29, 0.717) is 17.8 Å². The minimum atomic E-state index is -4.21. The van der Waals surface area contributed by atoms with Crippen molar-refractivity contribution in [1.82, 2.24) is 20.1 Å². The van der Waals surface area contributed by atoms with Gasteiger partial charge in [0.05, 0.1) is 24.2 Å². The molecule has 2 heterocycles. The number of halogens is 4. The summed E-state index contributed by atoms with van der Waals surface area (Å²) in [5.74, 6) is -0.917. The van der Waals surface area contributed by atoms with Crippen molar-refractivity contribution in [3.05, 3.63) is 41.4 Å². The summed E-state index contributed by atoms with van der Waals surface area (Å²) in [4.78, 5) is 16.4. The number of aromatic nitrogens is 3. The summed E-state index contributed by atoms with van der Waals surface area (Å²) in [5.41, 5.74) is 1.14. The Morgan fingerprint density at radius 1 is 1.46 bits per heavy atom. The highest BCUT2D eigenvalue weighted by atomic mass is 35.5. The molecule has 0 radical (unpaired) electrons. The molecular weight excluding hydrogens is 389 g/mol. The molecule has 1 N–H and O–H groups in total. The van der Waals surface area contributed by atoms with E-state index >= 15 is 0 Å². The fourth-order valence-corrected chi connectivity index (χ4v) is 3.59. The van der Waals surface area contributed by atoms with Crippen molar-refractivity contribution in [2.45, 2.75) is 25.4 Å². The molecule has 0 aliphatic heterocycles. The molecule has 1 atom stereocenters. The third-order valence-electron chi connectivity index (χ3n) is 3.46. The molecule has 0 aliphatic carbocycles. The van der Waals surface area contributed by atoms with E-state index in [-0.39, 0.29) is 22.6 Å². The van der Waals surface area contributed by atoms with Crippen LogP contribution in [0.1, 0.15) is 24.8 Å². The van der Waals surface area contributed by atoms with E-state index in [4.69, 9.17) is 11.6 Å². The molecule has 142 valence electrons. The normalized spacial score (nSPS) is 12.8. The minimum Gasteiger partial charge on any atom is -0.356 e. The maximum absolute atomic E-state index is 12.4. The van der Waals surface area contributed by atoms with Gasteiger partial charge in [0.25, 0.3) is 0 Å². The first-order chi connectivity index (χ1) is 12.3. The van der Waals surface area contributed by atoms with E-state index in [1.54, 1.807) is 37.6 Å². The Morgan fingerprint density at radius 2 is 2.23 bits per heavy atom. The number of hydrogen-bond acceptors (Lipinski definition) is 4. The summed E-state index contributed by atoms with van der Waals surface area (Å²) in [6.07, 6.45) is -0.292. The number of likely N-dealkylation sites (N-methyl/N-ethyl adjacent to an activating group) is 1. The van der Waals surface area contributed by atoms with Crippen LogP contribution >= 0.6 is 23.4 Å². The van der Waals surface area contributed by atoms with Crippen LogP contribution in [0.5, 0.6) is 0 Å².